The van der Waals surface area contributed by atoms with Crippen LogP contribution in [0.3, 0.4) is 0 Å². The monoisotopic (exact) mass is 436 g/mol. The molecule has 0 radical (unpaired) electrons. The van der Waals surface area contributed by atoms with Crippen LogP contribution in [0.4, 0.5) is 5.69 Å². The van der Waals surface area contributed by atoms with Gasteiger partial charge in [0.2, 0.25) is 15.9 Å². The number of hydrogen-bond acceptors (Lipinski definition) is 5. The van der Waals surface area contributed by atoms with E-state index in [0.29, 0.717) is 42.5 Å². The number of nitrogens with one attached hydrogen (secondary N) is 1. The Morgan fingerprint density at radius 3 is 2.21 bits per heavy atom. The molecule has 154 valence electrons. The standard InChI is InChI=1S/C19H21ClN4O4S/c20-17-4-2-1-3-16(17)19(26)24-11-9-23(10-12-24)13-18(25)22-14-5-7-15(8-6-14)29(21,27)28/h1-8H,9-13H2,(H,22,25)(H2,21,27,28). The summed E-state index contributed by atoms with van der Waals surface area (Å²) in [7, 11) is -3.77. The number of rotatable bonds is 5. The second kappa shape index (κ2) is 8.91. The molecule has 3 rings (SSSR count). The number of nitrogens with two attached hydrogens (primary N) is 1. The summed E-state index contributed by atoms with van der Waals surface area (Å²) in [6.07, 6.45) is 0. The highest BCUT2D eigenvalue weighted by Gasteiger charge is 2.24. The van der Waals surface area contributed by atoms with E-state index in [1.807, 2.05) is 4.90 Å². The van der Waals surface area contributed by atoms with Crippen LogP contribution in [0.1, 0.15) is 10.4 Å². The quantitative estimate of drug-likeness (QED) is 0.735. The van der Waals surface area contributed by atoms with Gasteiger partial charge in [-0.25, -0.2) is 13.6 Å². The number of carbonyl (C=O) groups is 2. The van der Waals surface area contributed by atoms with Crippen LogP contribution < -0.4 is 10.5 Å². The second-order valence-corrected chi connectivity index (χ2v) is 8.63. The van der Waals surface area contributed by atoms with Gasteiger partial charge in [0.05, 0.1) is 22.0 Å². The number of carbonyl (C=O) groups excluding carboxylic acids is 2. The molecular formula is C19H21ClN4O4S. The van der Waals surface area contributed by atoms with Crippen LogP contribution in [0.2, 0.25) is 5.02 Å². The smallest absolute Gasteiger partial charge is 0.255 e. The predicted molar refractivity (Wildman–Crippen MR) is 110 cm³/mol. The van der Waals surface area contributed by atoms with Gasteiger partial charge >= 0.3 is 0 Å². The number of primary sulfonamides is 1. The van der Waals surface area contributed by atoms with Crippen molar-refractivity contribution in [3.8, 4) is 0 Å². The average Bonchev–Trinajstić information content (AvgIpc) is 2.68. The molecule has 2 aromatic rings. The van der Waals surface area contributed by atoms with E-state index in [2.05, 4.69) is 5.32 Å². The van der Waals surface area contributed by atoms with E-state index in [1.165, 1.54) is 24.3 Å². The number of hydrogen-bond donors (Lipinski definition) is 2. The van der Waals surface area contributed by atoms with Crippen LogP contribution in [0.15, 0.2) is 53.4 Å². The molecule has 2 aromatic carbocycles. The van der Waals surface area contributed by atoms with E-state index in [-0.39, 0.29) is 23.3 Å². The molecule has 0 spiro atoms. The van der Waals surface area contributed by atoms with Gasteiger partial charge in [-0.15, -0.1) is 0 Å². The number of anilines is 1. The number of halogens is 1. The zero-order chi connectivity index (χ0) is 21.0. The second-order valence-electron chi connectivity index (χ2n) is 6.67. The van der Waals surface area contributed by atoms with E-state index < -0.39 is 10.0 Å². The minimum atomic E-state index is -3.77. The molecule has 8 nitrogen and oxygen atoms in total. The fraction of sp³-hybridized carbons (Fsp3) is 0.263. The van der Waals surface area contributed by atoms with E-state index >= 15 is 0 Å². The van der Waals surface area contributed by atoms with Crippen molar-refractivity contribution >= 4 is 39.1 Å². The molecule has 0 aliphatic carbocycles. The number of benzene rings is 2. The molecule has 0 aromatic heterocycles. The number of sulfonamides is 1. The van der Waals surface area contributed by atoms with Gasteiger partial charge in [-0.1, -0.05) is 23.7 Å². The zero-order valence-electron chi connectivity index (χ0n) is 15.5. The topological polar surface area (TPSA) is 113 Å². The minimum absolute atomic E-state index is 0.0187. The van der Waals surface area contributed by atoms with Gasteiger partial charge in [0.15, 0.2) is 0 Å². The van der Waals surface area contributed by atoms with Gasteiger partial charge in [0, 0.05) is 31.9 Å². The lowest BCUT2D eigenvalue weighted by Crippen LogP contribution is -2.50. The molecule has 1 aliphatic heterocycles. The Bertz CT molecular complexity index is 1000. The van der Waals surface area contributed by atoms with Crippen molar-refractivity contribution in [1.82, 2.24) is 9.80 Å². The van der Waals surface area contributed by atoms with Gasteiger partial charge < -0.3 is 10.2 Å². The van der Waals surface area contributed by atoms with Crippen molar-refractivity contribution in [1.29, 1.82) is 0 Å². The predicted octanol–water partition coefficient (Wildman–Crippen LogP) is 1.38. The van der Waals surface area contributed by atoms with Crippen LogP contribution in [0.5, 0.6) is 0 Å². The first-order chi connectivity index (χ1) is 13.7. The summed E-state index contributed by atoms with van der Waals surface area (Å²) in [5.74, 6) is -0.339. The molecular weight excluding hydrogens is 416 g/mol. The van der Waals surface area contributed by atoms with Crippen molar-refractivity contribution in [2.24, 2.45) is 5.14 Å². The third kappa shape index (κ3) is 5.54. The molecule has 1 heterocycles. The molecule has 1 aliphatic rings. The van der Waals surface area contributed by atoms with E-state index in [1.54, 1.807) is 29.2 Å². The largest absolute Gasteiger partial charge is 0.336 e. The summed E-state index contributed by atoms with van der Waals surface area (Å²) < 4.78 is 22.5. The number of piperazine rings is 1. The van der Waals surface area contributed by atoms with Crippen molar-refractivity contribution < 1.29 is 18.0 Å². The van der Waals surface area contributed by atoms with Crippen LogP contribution in [0.25, 0.3) is 0 Å². The van der Waals surface area contributed by atoms with Crippen LogP contribution in [-0.4, -0.2) is 62.8 Å². The van der Waals surface area contributed by atoms with Crippen molar-refractivity contribution in [3.63, 3.8) is 0 Å². The van der Waals surface area contributed by atoms with Gasteiger partial charge in [0.25, 0.3) is 5.91 Å². The van der Waals surface area contributed by atoms with Gasteiger partial charge in [-0.05, 0) is 36.4 Å². The summed E-state index contributed by atoms with van der Waals surface area (Å²) in [4.78, 5) is 28.5. The van der Waals surface area contributed by atoms with E-state index in [9.17, 15) is 18.0 Å². The van der Waals surface area contributed by atoms with Crippen molar-refractivity contribution in [3.05, 3.63) is 59.1 Å². The van der Waals surface area contributed by atoms with Crippen LogP contribution >= 0.6 is 11.6 Å². The summed E-state index contributed by atoms with van der Waals surface area (Å²) in [6, 6.07) is 12.6. The summed E-state index contributed by atoms with van der Waals surface area (Å²) >= 11 is 6.10. The Morgan fingerprint density at radius 2 is 1.62 bits per heavy atom. The normalized spacial score (nSPS) is 15.2. The molecule has 1 fully saturated rings. The zero-order valence-corrected chi connectivity index (χ0v) is 17.1. The molecule has 0 unspecified atom stereocenters. The third-order valence-corrected chi connectivity index (χ3v) is 5.86. The first kappa shape index (κ1) is 21.3. The highest BCUT2D eigenvalue weighted by atomic mass is 35.5. The third-order valence-electron chi connectivity index (χ3n) is 4.60. The lowest BCUT2D eigenvalue weighted by Gasteiger charge is -2.34. The number of nitrogens with zero attached hydrogens (tertiary/aromatic N) is 2. The Balaban J connectivity index is 1.50. The molecule has 1 saturated heterocycles. The lowest BCUT2D eigenvalue weighted by atomic mass is 10.2. The average molecular weight is 437 g/mol. The molecule has 29 heavy (non-hydrogen) atoms. The van der Waals surface area contributed by atoms with E-state index in [4.69, 9.17) is 16.7 Å². The highest BCUT2D eigenvalue weighted by molar-refractivity contribution is 7.89. The minimum Gasteiger partial charge on any atom is -0.336 e. The maximum atomic E-state index is 12.6. The first-order valence-electron chi connectivity index (χ1n) is 8.93. The fourth-order valence-corrected chi connectivity index (χ4v) is 3.78. The molecule has 10 heteroatoms. The molecule has 0 bridgehead atoms. The summed E-state index contributed by atoms with van der Waals surface area (Å²) in [5.41, 5.74) is 0.957. The van der Waals surface area contributed by atoms with Crippen LogP contribution in [-0.2, 0) is 14.8 Å². The SMILES string of the molecule is NS(=O)(=O)c1ccc(NC(=O)CN2CCN(C(=O)c3ccccc3Cl)CC2)cc1. The van der Waals surface area contributed by atoms with Gasteiger partial charge in [-0.2, -0.15) is 0 Å². The van der Waals surface area contributed by atoms with Crippen LogP contribution in [0, 0.1) is 0 Å². The van der Waals surface area contributed by atoms with Crippen molar-refractivity contribution in [2.45, 2.75) is 4.90 Å². The molecule has 2 amide bonds. The molecule has 3 N–H and O–H groups in total. The Labute approximate surface area is 174 Å². The van der Waals surface area contributed by atoms with Crippen molar-refractivity contribution in [2.75, 3.05) is 38.0 Å². The fourth-order valence-electron chi connectivity index (χ4n) is 3.05. The Morgan fingerprint density at radius 1 is 1.00 bits per heavy atom. The van der Waals surface area contributed by atoms with Gasteiger partial charge in [-0.3, -0.25) is 14.5 Å². The Kier molecular flexibility index (Phi) is 6.53. The maximum Gasteiger partial charge on any atom is 0.255 e. The summed E-state index contributed by atoms with van der Waals surface area (Å²) in [6.45, 7) is 2.30. The summed E-state index contributed by atoms with van der Waals surface area (Å²) in [5, 5.41) is 8.20. The molecule has 0 saturated carbocycles. The highest BCUT2D eigenvalue weighted by Crippen LogP contribution is 2.18. The van der Waals surface area contributed by atoms with Gasteiger partial charge in [0.1, 0.15) is 0 Å². The number of amides is 2. The lowest BCUT2D eigenvalue weighted by molar-refractivity contribution is -0.117. The van der Waals surface area contributed by atoms with E-state index in [0.717, 1.165) is 0 Å². The Hall–Kier alpha value is -2.46. The molecule has 0 atom stereocenters. The first-order valence-corrected chi connectivity index (χ1v) is 10.9. The maximum absolute atomic E-state index is 12.6.